The van der Waals surface area contributed by atoms with Crippen LogP contribution >= 0.6 is 0 Å². The zero-order chi connectivity index (χ0) is 16.4. The van der Waals surface area contributed by atoms with Crippen LogP contribution in [0.1, 0.15) is 27.2 Å². The van der Waals surface area contributed by atoms with E-state index in [9.17, 15) is 4.79 Å². The standard InChI is InChI=1S/C17H22N4O2/c1-17(2,3)23-16(22)21-9-6-13(11-21)20-12-4-5-14-15(10-12)19-8-7-18-14/h4-5,7-8,10,13,20H,6,9,11H2,1-3H3. The molecule has 0 saturated carbocycles. The Morgan fingerprint density at radius 1 is 1.26 bits per heavy atom. The van der Waals surface area contributed by atoms with Gasteiger partial charge in [0.25, 0.3) is 0 Å². The molecule has 122 valence electrons. The number of nitrogens with zero attached hydrogens (tertiary/aromatic N) is 3. The fraction of sp³-hybridized carbons (Fsp3) is 0.471. The summed E-state index contributed by atoms with van der Waals surface area (Å²) in [6, 6.07) is 6.15. The number of ether oxygens (including phenoxy) is 1. The maximum atomic E-state index is 12.1. The van der Waals surface area contributed by atoms with Crippen molar-refractivity contribution >= 4 is 22.8 Å². The summed E-state index contributed by atoms with van der Waals surface area (Å²) in [5, 5.41) is 3.46. The van der Waals surface area contributed by atoms with Crippen LogP contribution in [0.15, 0.2) is 30.6 Å². The second-order valence-electron chi connectivity index (χ2n) is 6.82. The van der Waals surface area contributed by atoms with Crippen LogP contribution in [0, 0.1) is 0 Å². The van der Waals surface area contributed by atoms with Crippen LogP contribution in [-0.2, 0) is 4.74 Å². The molecule has 1 N–H and O–H groups in total. The highest BCUT2D eigenvalue weighted by Crippen LogP contribution is 2.20. The second kappa shape index (κ2) is 6.02. The van der Waals surface area contributed by atoms with Crippen LogP contribution in [0.5, 0.6) is 0 Å². The molecule has 1 aromatic heterocycles. The molecule has 6 nitrogen and oxygen atoms in total. The molecule has 1 aliphatic rings. The van der Waals surface area contributed by atoms with E-state index in [4.69, 9.17) is 4.74 Å². The minimum Gasteiger partial charge on any atom is -0.444 e. The van der Waals surface area contributed by atoms with Gasteiger partial charge in [0.05, 0.1) is 11.0 Å². The van der Waals surface area contributed by atoms with Crippen molar-refractivity contribution in [3.8, 4) is 0 Å². The number of carbonyl (C=O) groups is 1. The van der Waals surface area contributed by atoms with Gasteiger partial charge in [0, 0.05) is 37.2 Å². The molecule has 1 amide bonds. The lowest BCUT2D eigenvalue weighted by atomic mass is 10.2. The summed E-state index contributed by atoms with van der Waals surface area (Å²) in [6.07, 6.45) is 4.03. The van der Waals surface area contributed by atoms with Crippen molar-refractivity contribution in [1.29, 1.82) is 0 Å². The molecule has 2 aromatic rings. The first-order valence-corrected chi connectivity index (χ1v) is 7.86. The number of anilines is 1. The van der Waals surface area contributed by atoms with Crippen molar-refractivity contribution in [2.24, 2.45) is 0 Å². The number of rotatable bonds is 2. The molecule has 0 bridgehead atoms. The zero-order valence-electron chi connectivity index (χ0n) is 13.7. The molecule has 23 heavy (non-hydrogen) atoms. The van der Waals surface area contributed by atoms with Gasteiger partial charge in [-0.25, -0.2) is 4.79 Å². The first-order chi connectivity index (χ1) is 10.9. The van der Waals surface area contributed by atoms with E-state index in [-0.39, 0.29) is 12.1 Å². The summed E-state index contributed by atoms with van der Waals surface area (Å²) in [7, 11) is 0. The van der Waals surface area contributed by atoms with Crippen LogP contribution in [0.4, 0.5) is 10.5 Å². The van der Waals surface area contributed by atoms with E-state index in [0.29, 0.717) is 13.1 Å². The zero-order valence-corrected chi connectivity index (χ0v) is 13.7. The molecular formula is C17H22N4O2. The van der Waals surface area contributed by atoms with E-state index in [0.717, 1.165) is 23.1 Å². The normalized spacial score (nSPS) is 18.2. The molecule has 1 aromatic carbocycles. The SMILES string of the molecule is CC(C)(C)OC(=O)N1CCC(Nc2ccc3nccnc3c2)C1. The van der Waals surface area contributed by atoms with Gasteiger partial charge >= 0.3 is 6.09 Å². The summed E-state index contributed by atoms with van der Waals surface area (Å²) in [5.74, 6) is 0. The van der Waals surface area contributed by atoms with Crippen molar-refractivity contribution in [3.63, 3.8) is 0 Å². The van der Waals surface area contributed by atoms with Crippen molar-refractivity contribution in [2.45, 2.75) is 38.8 Å². The summed E-state index contributed by atoms with van der Waals surface area (Å²) in [4.78, 5) is 22.4. The number of amides is 1. The van der Waals surface area contributed by atoms with E-state index in [2.05, 4.69) is 15.3 Å². The lowest BCUT2D eigenvalue weighted by Gasteiger charge is -2.24. The fourth-order valence-corrected chi connectivity index (χ4v) is 2.66. The Labute approximate surface area is 135 Å². The Balaban J connectivity index is 1.61. The smallest absolute Gasteiger partial charge is 0.410 e. The highest BCUT2D eigenvalue weighted by Gasteiger charge is 2.29. The number of nitrogens with one attached hydrogen (secondary N) is 1. The summed E-state index contributed by atoms with van der Waals surface area (Å²) in [5.41, 5.74) is 2.27. The molecule has 1 saturated heterocycles. The van der Waals surface area contributed by atoms with Gasteiger partial charge in [-0.2, -0.15) is 0 Å². The Hall–Kier alpha value is -2.37. The molecule has 2 heterocycles. The van der Waals surface area contributed by atoms with Crippen LogP contribution in [0.3, 0.4) is 0 Å². The van der Waals surface area contributed by atoms with Gasteiger partial charge in [0.2, 0.25) is 0 Å². The highest BCUT2D eigenvalue weighted by atomic mass is 16.6. The van der Waals surface area contributed by atoms with Gasteiger partial charge in [-0.15, -0.1) is 0 Å². The molecule has 1 unspecified atom stereocenters. The van der Waals surface area contributed by atoms with E-state index < -0.39 is 5.60 Å². The first kappa shape index (κ1) is 15.5. The molecule has 0 radical (unpaired) electrons. The van der Waals surface area contributed by atoms with E-state index >= 15 is 0 Å². The third-order valence-corrected chi connectivity index (χ3v) is 3.68. The summed E-state index contributed by atoms with van der Waals surface area (Å²) in [6.45, 7) is 7.00. The number of likely N-dealkylation sites (tertiary alicyclic amines) is 1. The minimum atomic E-state index is -0.459. The van der Waals surface area contributed by atoms with Crippen molar-refractivity contribution in [2.75, 3.05) is 18.4 Å². The Morgan fingerprint density at radius 3 is 2.74 bits per heavy atom. The number of hydrogen-bond donors (Lipinski definition) is 1. The number of fused-ring (bicyclic) bond motifs is 1. The Bertz CT molecular complexity index is 711. The fourth-order valence-electron chi connectivity index (χ4n) is 2.66. The lowest BCUT2D eigenvalue weighted by molar-refractivity contribution is 0.0293. The van der Waals surface area contributed by atoms with E-state index in [1.165, 1.54) is 0 Å². The maximum absolute atomic E-state index is 12.1. The third kappa shape index (κ3) is 3.88. The molecule has 0 spiro atoms. The van der Waals surface area contributed by atoms with Gasteiger partial charge in [-0.3, -0.25) is 9.97 Å². The molecule has 1 fully saturated rings. The van der Waals surface area contributed by atoms with Gasteiger partial charge in [-0.05, 0) is 45.4 Å². The topological polar surface area (TPSA) is 67.3 Å². The third-order valence-electron chi connectivity index (χ3n) is 3.68. The Morgan fingerprint density at radius 2 is 2.00 bits per heavy atom. The summed E-state index contributed by atoms with van der Waals surface area (Å²) < 4.78 is 5.42. The molecule has 1 aliphatic heterocycles. The average Bonchev–Trinajstić information content (AvgIpc) is 2.94. The predicted octanol–water partition coefficient (Wildman–Crippen LogP) is 3.05. The van der Waals surface area contributed by atoms with Crippen LogP contribution in [-0.4, -0.2) is 45.7 Å². The van der Waals surface area contributed by atoms with Crippen LogP contribution in [0.2, 0.25) is 0 Å². The van der Waals surface area contributed by atoms with Gasteiger partial charge in [0.15, 0.2) is 0 Å². The van der Waals surface area contributed by atoms with E-state index in [1.807, 2.05) is 39.0 Å². The van der Waals surface area contributed by atoms with Crippen molar-refractivity contribution in [1.82, 2.24) is 14.9 Å². The molecule has 0 aliphatic carbocycles. The number of benzene rings is 1. The van der Waals surface area contributed by atoms with E-state index in [1.54, 1.807) is 17.3 Å². The number of hydrogen-bond acceptors (Lipinski definition) is 5. The molecule has 3 rings (SSSR count). The predicted molar refractivity (Wildman–Crippen MR) is 89.4 cm³/mol. The number of aromatic nitrogens is 2. The van der Waals surface area contributed by atoms with Crippen molar-refractivity contribution in [3.05, 3.63) is 30.6 Å². The summed E-state index contributed by atoms with van der Waals surface area (Å²) >= 11 is 0. The monoisotopic (exact) mass is 314 g/mol. The quantitative estimate of drug-likeness (QED) is 0.923. The molecule has 1 atom stereocenters. The Kier molecular flexibility index (Phi) is 4.07. The van der Waals surface area contributed by atoms with Crippen LogP contribution < -0.4 is 5.32 Å². The van der Waals surface area contributed by atoms with Crippen LogP contribution in [0.25, 0.3) is 11.0 Å². The maximum Gasteiger partial charge on any atom is 0.410 e. The number of carbonyl (C=O) groups excluding carboxylic acids is 1. The second-order valence-corrected chi connectivity index (χ2v) is 6.82. The average molecular weight is 314 g/mol. The van der Waals surface area contributed by atoms with Crippen molar-refractivity contribution < 1.29 is 9.53 Å². The van der Waals surface area contributed by atoms with Gasteiger partial charge < -0.3 is 15.0 Å². The highest BCUT2D eigenvalue weighted by molar-refractivity contribution is 5.78. The molecule has 6 heteroatoms. The minimum absolute atomic E-state index is 0.219. The molecular weight excluding hydrogens is 292 g/mol. The lowest BCUT2D eigenvalue weighted by Crippen LogP contribution is -2.36. The largest absolute Gasteiger partial charge is 0.444 e. The van der Waals surface area contributed by atoms with Gasteiger partial charge in [0.1, 0.15) is 5.60 Å². The van der Waals surface area contributed by atoms with Gasteiger partial charge in [-0.1, -0.05) is 0 Å². The first-order valence-electron chi connectivity index (χ1n) is 7.86.